The highest BCUT2D eigenvalue weighted by Gasteiger charge is 2.18. The Morgan fingerprint density at radius 2 is 2.15 bits per heavy atom. The molecule has 0 aromatic heterocycles. The van der Waals surface area contributed by atoms with Crippen LogP contribution in [0.4, 0.5) is 0 Å². The van der Waals surface area contributed by atoms with Gasteiger partial charge in [-0.2, -0.15) is 5.26 Å². The molecule has 1 unspecified atom stereocenters. The molecule has 0 fully saturated rings. The van der Waals surface area contributed by atoms with Crippen molar-refractivity contribution >= 4 is 11.6 Å². The molecule has 1 N–H and O–H groups in total. The van der Waals surface area contributed by atoms with Crippen molar-refractivity contribution in [2.45, 2.75) is 26.4 Å². The molecule has 5 heteroatoms. The van der Waals surface area contributed by atoms with E-state index >= 15 is 0 Å². The minimum absolute atomic E-state index is 0.0470. The molecular formula is C15H18ClNO3. The number of aliphatic hydroxyl groups excluding tert-OH is 1. The number of rotatable bonds is 7. The second-order valence-electron chi connectivity index (χ2n) is 4.15. The monoisotopic (exact) mass is 295 g/mol. The molecule has 0 saturated carbocycles. The number of hydrogen-bond donors (Lipinski definition) is 1. The quantitative estimate of drug-likeness (QED) is 0.780. The molecule has 108 valence electrons. The lowest BCUT2D eigenvalue weighted by Crippen LogP contribution is -2.04. The van der Waals surface area contributed by atoms with E-state index in [9.17, 15) is 5.11 Å². The van der Waals surface area contributed by atoms with Crippen LogP contribution < -0.4 is 9.47 Å². The maximum absolute atomic E-state index is 10.00. The number of benzene rings is 1. The van der Waals surface area contributed by atoms with Crippen molar-refractivity contribution < 1.29 is 14.6 Å². The fourth-order valence-electron chi connectivity index (χ4n) is 1.62. The van der Waals surface area contributed by atoms with Gasteiger partial charge in [-0.05, 0) is 31.0 Å². The molecule has 0 aliphatic carbocycles. The summed E-state index contributed by atoms with van der Waals surface area (Å²) in [7, 11) is 0. The van der Waals surface area contributed by atoms with Crippen molar-refractivity contribution in [1.82, 2.24) is 0 Å². The highest BCUT2D eigenvalue weighted by atomic mass is 35.5. The third-order valence-electron chi connectivity index (χ3n) is 2.57. The summed E-state index contributed by atoms with van der Waals surface area (Å²) in [5, 5.41) is 19.1. The number of hydrogen-bond acceptors (Lipinski definition) is 4. The molecule has 0 heterocycles. The number of halogens is 1. The first-order chi connectivity index (χ1) is 9.54. The van der Waals surface area contributed by atoms with Crippen molar-refractivity contribution in [3.05, 3.63) is 34.9 Å². The van der Waals surface area contributed by atoms with Gasteiger partial charge in [-0.25, -0.2) is 0 Å². The normalized spacial score (nSPS) is 11.6. The average Bonchev–Trinajstić information content (AvgIpc) is 2.44. The molecule has 0 amide bonds. The van der Waals surface area contributed by atoms with Crippen molar-refractivity contribution in [3.63, 3.8) is 0 Å². The molecule has 0 aliphatic rings. The minimum Gasteiger partial charge on any atom is -0.490 e. The van der Waals surface area contributed by atoms with Gasteiger partial charge >= 0.3 is 0 Å². The van der Waals surface area contributed by atoms with Crippen LogP contribution >= 0.6 is 11.6 Å². The predicted octanol–water partition coefficient (Wildman–Crippen LogP) is 3.64. The van der Waals surface area contributed by atoms with E-state index in [0.29, 0.717) is 35.3 Å². The second kappa shape index (κ2) is 7.78. The summed E-state index contributed by atoms with van der Waals surface area (Å²) in [6.07, 6.45) is -0.255. The fourth-order valence-corrected chi connectivity index (χ4v) is 1.89. The van der Waals surface area contributed by atoms with Crippen molar-refractivity contribution in [2.24, 2.45) is 0 Å². The molecule has 1 atom stereocenters. The topological polar surface area (TPSA) is 62.5 Å². The van der Waals surface area contributed by atoms with E-state index in [-0.39, 0.29) is 5.57 Å². The first kappa shape index (κ1) is 16.4. The van der Waals surface area contributed by atoms with Crippen molar-refractivity contribution in [2.75, 3.05) is 13.2 Å². The smallest absolute Gasteiger partial charge is 0.179 e. The first-order valence-corrected chi connectivity index (χ1v) is 6.78. The lowest BCUT2D eigenvalue weighted by Gasteiger charge is -2.17. The van der Waals surface area contributed by atoms with Crippen LogP contribution in [0.3, 0.4) is 0 Å². The van der Waals surface area contributed by atoms with Gasteiger partial charge in [0, 0.05) is 0 Å². The third-order valence-corrected chi connectivity index (χ3v) is 2.85. The summed E-state index contributed by atoms with van der Waals surface area (Å²) < 4.78 is 11.1. The van der Waals surface area contributed by atoms with E-state index in [2.05, 4.69) is 6.58 Å². The average molecular weight is 296 g/mol. The largest absolute Gasteiger partial charge is 0.490 e. The Balaban J connectivity index is 3.18. The first-order valence-electron chi connectivity index (χ1n) is 6.41. The van der Waals surface area contributed by atoms with Gasteiger partial charge in [0.05, 0.1) is 29.9 Å². The zero-order chi connectivity index (χ0) is 15.1. The summed E-state index contributed by atoms with van der Waals surface area (Å²) in [5.74, 6) is 0.905. The number of ether oxygens (including phenoxy) is 2. The lowest BCUT2D eigenvalue weighted by molar-refractivity contribution is 0.219. The zero-order valence-corrected chi connectivity index (χ0v) is 12.4. The SMILES string of the molecule is C=C(C#N)C(O)c1cc(Cl)c(OCCC)c(OCC)c1. The van der Waals surface area contributed by atoms with E-state index in [1.165, 1.54) is 0 Å². The summed E-state index contributed by atoms with van der Waals surface area (Å²) in [6.45, 7) is 8.29. The Hall–Kier alpha value is -1.70. The summed E-state index contributed by atoms with van der Waals surface area (Å²) >= 11 is 6.17. The van der Waals surface area contributed by atoms with Crippen LogP contribution in [0.5, 0.6) is 11.5 Å². The number of nitrogens with zero attached hydrogens (tertiary/aromatic N) is 1. The molecule has 20 heavy (non-hydrogen) atoms. The molecule has 1 aromatic carbocycles. The van der Waals surface area contributed by atoms with Crippen molar-refractivity contribution in [1.29, 1.82) is 5.26 Å². The molecule has 1 rings (SSSR count). The van der Waals surface area contributed by atoms with Gasteiger partial charge in [-0.15, -0.1) is 0 Å². The Kier molecular flexibility index (Phi) is 6.37. The van der Waals surface area contributed by atoms with Crippen molar-refractivity contribution in [3.8, 4) is 17.6 Å². The van der Waals surface area contributed by atoms with Gasteiger partial charge in [-0.1, -0.05) is 25.1 Å². The molecule has 0 radical (unpaired) electrons. The summed E-state index contributed by atoms with van der Waals surface area (Å²) in [5.41, 5.74) is 0.500. The molecular weight excluding hydrogens is 278 g/mol. The van der Waals surface area contributed by atoms with Crippen LogP contribution in [0, 0.1) is 11.3 Å². The molecule has 0 spiro atoms. The molecule has 0 saturated heterocycles. The highest BCUT2D eigenvalue weighted by molar-refractivity contribution is 6.32. The zero-order valence-electron chi connectivity index (χ0n) is 11.6. The van der Waals surface area contributed by atoms with Gasteiger partial charge in [0.1, 0.15) is 6.10 Å². The van der Waals surface area contributed by atoms with Gasteiger partial charge in [0.2, 0.25) is 0 Å². The van der Waals surface area contributed by atoms with Crippen LogP contribution in [0.1, 0.15) is 31.9 Å². The minimum atomic E-state index is -1.10. The highest BCUT2D eigenvalue weighted by Crippen LogP contribution is 2.39. The molecule has 1 aromatic rings. The van der Waals surface area contributed by atoms with E-state index in [0.717, 1.165) is 6.42 Å². The van der Waals surface area contributed by atoms with Crippen LogP contribution in [-0.4, -0.2) is 18.3 Å². The van der Waals surface area contributed by atoms with E-state index in [1.54, 1.807) is 12.1 Å². The third kappa shape index (κ3) is 3.89. The number of nitriles is 1. The van der Waals surface area contributed by atoms with E-state index in [4.69, 9.17) is 26.3 Å². The lowest BCUT2D eigenvalue weighted by atomic mass is 10.0. The van der Waals surface area contributed by atoms with Crippen LogP contribution in [0.25, 0.3) is 0 Å². The van der Waals surface area contributed by atoms with Crippen LogP contribution in [0.2, 0.25) is 5.02 Å². The van der Waals surface area contributed by atoms with Crippen LogP contribution in [0.15, 0.2) is 24.3 Å². The molecule has 4 nitrogen and oxygen atoms in total. The Labute approximate surface area is 124 Å². The number of aliphatic hydroxyl groups is 1. The Morgan fingerprint density at radius 1 is 1.45 bits per heavy atom. The van der Waals surface area contributed by atoms with E-state index < -0.39 is 6.10 Å². The maximum Gasteiger partial charge on any atom is 0.179 e. The summed E-state index contributed by atoms with van der Waals surface area (Å²) in [6, 6.07) is 5.00. The Bertz CT molecular complexity index is 523. The Morgan fingerprint density at radius 3 is 2.70 bits per heavy atom. The van der Waals surface area contributed by atoms with Gasteiger partial charge < -0.3 is 14.6 Å². The van der Waals surface area contributed by atoms with Gasteiger partial charge in [0.15, 0.2) is 11.5 Å². The molecule has 0 aliphatic heterocycles. The van der Waals surface area contributed by atoms with Crippen LogP contribution in [-0.2, 0) is 0 Å². The van der Waals surface area contributed by atoms with Gasteiger partial charge in [0.25, 0.3) is 0 Å². The second-order valence-corrected chi connectivity index (χ2v) is 4.56. The fraction of sp³-hybridized carbons (Fsp3) is 0.400. The van der Waals surface area contributed by atoms with E-state index in [1.807, 2.05) is 19.9 Å². The molecule has 0 bridgehead atoms. The standard InChI is InChI=1S/C15H18ClNO3/c1-4-6-20-15-12(16)7-11(8-13(15)19-5-2)14(18)10(3)9-17/h7-8,14,18H,3-6H2,1-2H3. The van der Waals surface area contributed by atoms with Gasteiger partial charge in [-0.3, -0.25) is 0 Å². The predicted molar refractivity (Wildman–Crippen MR) is 78.1 cm³/mol. The maximum atomic E-state index is 10.00. The summed E-state index contributed by atoms with van der Waals surface area (Å²) in [4.78, 5) is 0.